The zero-order valence-electron chi connectivity index (χ0n) is 11.5. The maximum absolute atomic E-state index is 3.70. The predicted molar refractivity (Wildman–Crippen MR) is 81.8 cm³/mol. The molecule has 1 N–H and O–H groups in total. The highest BCUT2D eigenvalue weighted by atomic mass is 79.9. The lowest BCUT2D eigenvalue weighted by Gasteiger charge is -2.28. The molecule has 0 aromatic heterocycles. The van der Waals surface area contributed by atoms with Crippen molar-refractivity contribution >= 4 is 15.9 Å². The fourth-order valence-corrected chi connectivity index (χ4v) is 3.14. The molecule has 0 bridgehead atoms. The topological polar surface area (TPSA) is 12.0 Å². The van der Waals surface area contributed by atoms with Crippen molar-refractivity contribution in [3.63, 3.8) is 0 Å². The molecule has 0 aliphatic heterocycles. The Bertz CT molecular complexity index is 383. The normalized spacial score (nSPS) is 18.8. The first-order valence-electron chi connectivity index (χ1n) is 7.15. The van der Waals surface area contributed by atoms with Gasteiger partial charge in [0, 0.05) is 17.1 Å². The Labute approximate surface area is 119 Å². The molecular formula is C16H24BrN. The van der Waals surface area contributed by atoms with E-state index in [2.05, 4.69) is 53.3 Å². The maximum Gasteiger partial charge on any atom is 0.0208 e. The second-order valence-corrected chi connectivity index (χ2v) is 6.51. The number of rotatable bonds is 4. The lowest BCUT2D eigenvalue weighted by atomic mass is 9.84. The van der Waals surface area contributed by atoms with Gasteiger partial charge in [0.15, 0.2) is 0 Å². The van der Waals surface area contributed by atoms with Gasteiger partial charge in [-0.2, -0.15) is 0 Å². The van der Waals surface area contributed by atoms with Gasteiger partial charge in [-0.05, 0) is 49.8 Å². The lowest BCUT2D eigenvalue weighted by Crippen LogP contribution is -2.34. The second kappa shape index (κ2) is 6.72. The molecule has 1 fully saturated rings. The van der Waals surface area contributed by atoms with Crippen LogP contribution in [0.1, 0.15) is 50.2 Å². The van der Waals surface area contributed by atoms with E-state index in [1.165, 1.54) is 47.7 Å². The van der Waals surface area contributed by atoms with E-state index in [1.54, 1.807) is 0 Å². The quantitative estimate of drug-likeness (QED) is 0.841. The van der Waals surface area contributed by atoms with E-state index in [1.807, 2.05) is 0 Å². The molecule has 0 unspecified atom stereocenters. The van der Waals surface area contributed by atoms with Crippen molar-refractivity contribution in [2.75, 3.05) is 0 Å². The van der Waals surface area contributed by atoms with Gasteiger partial charge in [0.1, 0.15) is 0 Å². The predicted octanol–water partition coefficient (Wildman–Crippen LogP) is 4.82. The fourth-order valence-electron chi connectivity index (χ4n) is 2.90. The minimum absolute atomic E-state index is 0.647. The van der Waals surface area contributed by atoms with Crippen LogP contribution in [0.3, 0.4) is 0 Å². The fraction of sp³-hybridized carbons (Fsp3) is 0.625. The third kappa shape index (κ3) is 3.83. The summed E-state index contributed by atoms with van der Waals surface area (Å²) >= 11 is 3.55. The van der Waals surface area contributed by atoms with E-state index >= 15 is 0 Å². The largest absolute Gasteiger partial charge is 0.310 e. The Kier molecular flexibility index (Phi) is 5.25. The molecule has 1 saturated carbocycles. The molecule has 1 aromatic rings. The van der Waals surface area contributed by atoms with Crippen molar-refractivity contribution in [1.29, 1.82) is 0 Å². The van der Waals surface area contributed by atoms with E-state index in [9.17, 15) is 0 Å². The highest BCUT2D eigenvalue weighted by Crippen LogP contribution is 2.26. The summed E-state index contributed by atoms with van der Waals surface area (Å²) in [6.45, 7) is 5.49. The zero-order chi connectivity index (χ0) is 13.0. The zero-order valence-corrected chi connectivity index (χ0v) is 13.1. The Morgan fingerprint density at radius 2 is 2.00 bits per heavy atom. The molecule has 18 heavy (non-hydrogen) atoms. The summed E-state index contributed by atoms with van der Waals surface area (Å²) in [4.78, 5) is 0. The van der Waals surface area contributed by atoms with Gasteiger partial charge >= 0.3 is 0 Å². The van der Waals surface area contributed by atoms with Gasteiger partial charge in [0.25, 0.3) is 0 Å². The average Bonchev–Trinajstić information content (AvgIpc) is 2.41. The minimum atomic E-state index is 0.647. The highest BCUT2D eigenvalue weighted by molar-refractivity contribution is 9.10. The van der Waals surface area contributed by atoms with Gasteiger partial charge in [-0.3, -0.25) is 0 Å². The monoisotopic (exact) mass is 309 g/mol. The third-order valence-electron chi connectivity index (χ3n) is 4.21. The first-order chi connectivity index (χ1) is 8.66. The van der Waals surface area contributed by atoms with Crippen LogP contribution in [-0.4, -0.2) is 6.04 Å². The van der Waals surface area contributed by atoms with E-state index in [4.69, 9.17) is 0 Å². The first-order valence-corrected chi connectivity index (χ1v) is 7.94. The van der Waals surface area contributed by atoms with Crippen LogP contribution < -0.4 is 5.32 Å². The van der Waals surface area contributed by atoms with E-state index in [-0.39, 0.29) is 0 Å². The maximum atomic E-state index is 3.70. The summed E-state index contributed by atoms with van der Waals surface area (Å²) in [6, 6.07) is 7.27. The van der Waals surface area contributed by atoms with Crippen LogP contribution in [0, 0.1) is 12.8 Å². The summed E-state index contributed by atoms with van der Waals surface area (Å²) in [6.07, 6.45) is 7.11. The SMILES string of the molecule is Cc1cc(CN[C@H](C)C2CCCCC2)ccc1Br. The Hall–Kier alpha value is -0.340. The van der Waals surface area contributed by atoms with Gasteiger partial charge in [-0.25, -0.2) is 0 Å². The van der Waals surface area contributed by atoms with Crippen LogP contribution in [0.4, 0.5) is 0 Å². The van der Waals surface area contributed by atoms with E-state index < -0.39 is 0 Å². The molecule has 1 aliphatic rings. The standard InChI is InChI=1S/C16H24BrN/c1-12-10-14(8-9-16(12)17)11-18-13(2)15-6-4-3-5-7-15/h8-10,13,15,18H,3-7,11H2,1-2H3/t13-/m1/s1. The molecular weight excluding hydrogens is 286 g/mol. The minimum Gasteiger partial charge on any atom is -0.310 e. The van der Waals surface area contributed by atoms with Gasteiger partial charge in [0.2, 0.25) is 0 Å². The number of hydrogen-bond donors (Lipinski definition) is 1. The molecule has 1 aromatic carbocycles. The molecule has 1 atom stereocenters. The molecule has 0 amide bonds. The molecule has 0 saturated heterocycles. The smallest absolute Gasteiger partial charge is 0.0208 e. The first kappa shape index (κ1) is 14.1. The van der Waals surface area contributed by atoms with Crippen molar-refractivity contribution in [3.05, 3.63) is 33.8 Å². The average molecular weight is 310 g/mol. The molecule has 1 nitrogen and oxygen atoms in total. The molecule has 1 aliphatic carbocycles. The summed E-state index contributed by atoms with van der Waals surface area (Å²) in [5, 5.41) is 3.70. The van der Waals surface area contributed by atoms with Crippen LogP contribution in [0.25, 0.3) is 0 Å². The number of aryl methyl sites for hydroxylation is 1. The molecule has 0 spiro atoms. The lowest BCUT2D eigenvalue weighted by molar-refractivity contribution is 0.280. The Balaban J connectivity index is 1.84. The second-order valence-electron chi connectivity index (χ2n) is 5.65. The van der Waals surface area contributed by atoms with E-state index in [0.717, 1.165) is 12.5 Å². The molecule has 100 valence electrons. The van der Waals surface area contributed by atoms with E-state index in [0.29, 0.717) is 6.04 Å². The van der Waals surface area contributed by atoms with Crippen LogP contribution in [0.5, 0.6) is 0 Å². The third-order valence-corrected chi connectivity index (χ3v) is 5.10. The van der Waals surface area contributed by atoms with Crippen molar-refractivity contribution < 1.29 is 0 Å². The van der Waals surface area contributed by atoms with Crippen molar-refractivity contribution in [2.45, 2.75) is 58.5 Å². The summed E-state index contributed by atoms with van der Waals surface area (Å²) < 4.78 is 1.20. The number of hydrogen-bond acceptors (Lipinski definition) is 1. The van der Waals surface area contributed by atoms with Crippen molar-refractivity contribution in [3.8, 4) is 0 Å². The van der Waals surface area contributed by atoms with Crippen LogP contribution >= 0.6 is 15.9 Å². The molecule has 2 rings (SSSR count). The van der Waals surface area contributed by atoms with Gasteiger partial charge in [-0.1, -0.05) is 47.3 Å². The van der Waals surface area contributed by atoms with Crippen LogP contribution in [0.15, 0.2) is 22.7 Å². The summed E-state index contributed by atoms with van der Waals surface area (Å²) in [5.41, 5.74) is 2.71. The number of benzene rings is 1. The van der Waals surface area contributed by atoms with Gasteiger partial charge in [-0.15, -0.1) is 0 Å². The highest BCUT2D eigenvalue weighted by Gasteiger charge is 2.19. The van der Waals surface area contributed by atoms with Gasteiger partial charge in [0.05, 0.1) is 0 Å². The number of nitrogens with one attached hydrogen (secondary N) is 1. The summed E-state index contributed by atoms with van der Waals surface area (Å²) in [5.74, 6) is 0.885. The molecule has 2 heteroatoms. The number of halogens is 1. The molecule has 0 heterocycles. The summed E-state index contributed by atoms with van der Waals surface area (Å²) in [7, 11) is 0. The van der Waals surface area contributed by atoms with Crippen LogP contribution in [0.2, 0.25) is 0 Å². The molecule has 0 radical (unpaired) electrons. The van der Waals surface area contributed by atoms with Crippen molar-refractivity contribution in [1.82, 2.24) is 5.32 Å². The van der Waals surface area contributed by atoms with Crippen molar-refractivity contribution in [2.24, 2.45) is 5.92 Å². The Morgan fingerprint density at radius 3 is 2.67 bits per heavy atom. The van der Waals surface area contributed by atoms with Crippen LogP contribution in [-0.2, 0) is 6.54 Å². The Morgan fingerprint density at radius 1 is 1.28 bits per heavy atom. The van der Waals surface area contributed by atoms with Gasteiger partial charge < -0.3 is 5.32 Å².